The first kappa shape index (κ1) is 16.7. The molecule has 0 bridgehead atoms. The molecule has 0 saturated carbocycles. The van der Waals surface area contributed by atoms with Crippen LogP contribution in [0.15, 0.2) is 18.2 Å². The summed E-state index contributed by atoms with van der Waals surface area (Å²) in [4.78, 5) is 32.9. The minimum Gasteiger partial charge on any atom is -0.481 e. The lowest BCUT2D eigenvalue weighted by atomic mass is 10.1. The fourth-order valence-corrected chi connectivity index (χ4v) is 1.61. The first-order valence-electron chi connectivity index (χ1n) is 5.76. The first-order valence-corrected chi connectivity index (χ1v) is 6.14. The second kappa shape index (κ2) is 7.44. The van der Waals surface area contributed by atoms with E-state index in [2.05, 4.69) is 10.6 Å². The largest absolute Gasteiger partial charge is 0.481 e. The highest BCUT2D eigenvalue weighted by Gasteiger charge is 2.21. The standard InChI is InChI=1S/C12H12ClFN2O5/c13-7-5-6(1-2-8(7)14)15-12(21)16-9(11(19)20)3-4-10(17)18/h1-2,5,9H,3-4H2,(H,17,18)(H,19,20)(H2,15,16,21). The van der Waals surface area contributed by atoms with Gasteiger partial charge in [0.1, 0.15) is 11.9 Å². The number of urea groups is 1. The van der Waals surface area contributed by atoms with Crippen LogP contribution in [-0.2, 0) is 9.59 Å². The van der Waals surface area contributed by atoms with E-state index in [1.54, 1.807) is 0 Å². The fourth-order valence-electron chi connectivity index (χ4n) is 1.42. The van der Waals surface area contributed by atoms with E-state index in [0.29, 0.717) is 0 Å². The van der Waals surface area contributed by atoms with Crippen LogP contribution in [0.1, 0.15) is 12.8 Å². The molecule has 1 unspecified atom stereocenters. The number of halogens is 2. The maximum atomic E-state index is 12.9. The van der Waals surface area contributed by atoms with Gasteiger partial charge in [-0.15, -0.1) is 0 Å². The van der Waals surface area contributed by atoms with E-state index in [0.717, 1.165) is 12.1 Å². The van der Waals surface area contributed by atoms with Crippen molar-refractivity contribution in [2.45, 2.75) is 18.9 Å². The second-order valence-electron chi connectivity index (χ2n) is 4.05. The molecule has 0 heterocycles. The number of aliphatic carboxylic acids is 2. The van der Waals surface area contributed by atoms with Crippen LogP contribution >= 0.6 is 11.6 Å². The molecule has 114 valence electrons. The molecule has 0 aromatic heterocycles. The van der Waals surface area contributed by atoms with Crippen LogP contribution in [0.25, 0.3) is 0 Å². The Hall–Kier alpha value is -2.35. The molecule has 9 heteroatoms. The quantitative estimate of drug-likeness (QED) is 0.639. The normalized spacial score (nSPS) is 11.5. The topological polar surface area (TPSA) is 116 Å². The van der Waals surface area contributed by atoms with Gasteiger partial charge in [0, 0.05) is 12.1 Å². The summed E-state index contributed by atoms with van der Waals surface area (Å²) in [7, 11) is 0. The van der Waals surface area contributed by atoms with Crippen molar-refractivity contribution in [1.29, 1.82) is 0 Å². The highest BCUT2D eigenvalue weighted by Crippen LogP contribution is 2.19. The molecular weight excluding hydrogens is 307 g/mol. The summed E-state index contributed by atoms with van der Waals surface area (Å²) in [6.45, 7) is 0. The molecule has 7 nitrogen and oxygen atoms in total. The molecule has 0 radical (unpaired) electrons. The average Bonchev–Trinajstić information content (AvgIpc) is 2.38. The smallest absolute Gasteiger partial charge is 0.326 e. The minimum atomic E-state index is -1.36. The Bertz CT molecular complexity index is 567. The number of anilines is 1. The Morgan fingerprint density at radius 1 is 1.29 bits per heavy atom. The Kier molecular flexibility index (Phi) is 5.92. The summed E-state index contributed by atoms with van der Waals surface area (Å²) < 4.78 is 12.9. The summed E-state index contributed by atoms with van der Waals surface area (Å²) >= 11 is 5.53. The van der Waals surface area contributed by atoms with Crippen molar-refractivity contribution in [2.75, 3.05) is 5.32 Å². The molecule has 0 aliphatic heterocycles. The van der Waals surface area contributed by atoms with Crippen LogP contribution in [0.3, 0.4) is 0 Å². The predicted octanol–water partition coefficient (Wildman–Crippen LogP) is 1.92. The van der Waals surface area contributed by atoms with Gasteiger partial charge in [-0.2, -0.15) is 0 Å². The molecule has 21 heavy (non-hydrogen) atoms. The van der Waals surface area contributed by atoms with Crippen LogP contribution in [-0.4, -0.2) is 34.2 Å². The lowest BCUT2D eigenvalue weighted by Gasteiger charge is -2.14. The Labute approximate surface area is 123 Å². The molecule has 1 aromatic carbocycles. The van der Waals surface area contributed by atoms with Gasteiger partial charge in [0.05, 0.1) is 5.02 Å². The highest BCUT2D eigenvalue weighted by atomic mass is 35.5. The lowest BCUT2D eigenvalue weighted by molar-refractivity contribution is -0.140. The molecule has 2 amide bonds. The SMILES string of the molecule is O=C(O)CCC(NC(=O)Nc1ccc(F)c(Cl)c1)C(=O)O. The number of amides is 2. The molecule has 0 aliphatic carbocycles. The number of benzene rings is 1. The molecule has 1 aromatic rings. The van der Waals surface area contributed by atoms with E-state index in [-0.39, 0.29) is 17.1 Å². The summed E-state index contributed by atoms with van der Waals surface area (Å²) in [6, 6.07) is 1.22. The van der Waals surface area contributed by atoms with Gasteiger partial charge in [0.25, 0.3) is 0 Å². The molecule has 4 N–H and O–H groups in total. The third-order valence-electron chi connectivity index (χ3n) is 2.43. The minimum absolute atomic E-state index is 0.168. The van der Waals surface area contributed by atoms with Crippen molar-refractivity contribution in [3.63, 3.8) is 0 Å². The average molecular weight is 319 g/mol. The van der Waals surface area contributed by atoms with Gasteiger partial charge in [-0.1, -0.05) is 11.6 Å². The number of carbonyl (C=O) groups is 3. The van der Waals surface area contributed by atoms with Crippen molar-refractivity contribution in [1.82, 2.24) is 5.32 Å². The van der Waals surface area contributed by atoms with Crippen molar-refractivity contribution in [2.24, 2.45) is 0 Å². The number of rotatable bonds is 6. The Morgan fingerprint density at radius 3 is 2.48 bits per heavy atom. The Morgan fingerprint density at radius 2 is 1.95 bits per heavy atom. The van der Waals surface area contributed by atoms with E-state index in [9.17, 15) is 18.8 Å². The van der Waals surface area contributed by atoms with Gasteiger partial charge in [-0.05, 0) is 24.6 Å². The lowest BCUT2D eigenvalue weighted by Crippen LogP contribution is -2.43. The zero-order valence-electron chi connectivity index (χ0n) is 10.6. The molecule has 0 spiro atoms. The number of nitrogens with one attached hydrogen (secondary N) is 2. The number of carboxylic acids is 2. The van der Waals surface area contributed by atoms with Crippen molar-refractivity contribution >= 4 is 35.3 Å². The van der Waals surface area contributed by atoms with Crippen molar-refractivity contribution in [3.8, 4) is 0 Å². The van der Waals surface area contributed by atoms with Gasteiger partial charge in [-0.3, -0.25) is 4.79 Å². The van der Waals surface area contributed by atoms with Crippen LogP contribution in [0, 0.1) is 5.82 Å². The van der Waals surface area contributed by atoms with Crippen LogP contribution < -0.4 is 10.6 Å². The number of hydrogen-bond acceptors (Lipinski definition) is 3. The van der Waals surface area contributed by atoms with Crippen LogP contribution in [0.5, 0.6) is 0 Å². The van der Waals surface area contributed by atoms with Crippen molar-refractivity contribution in [3.05, 3.63) is 29.0 Å². The summed E-state index contributed by atoms with van der Waals surface area (Å²) in [6.07, 6.45) is -0.665. The first-order chi connectivity index (χ1) is 9.79. The van der Waals surface area contributed by atoms with E-state index < -0.39 is 36.2 Å². The number of carbonyl (C=O) groups excluding carboxylic acids is 1. The Balaban J connectivity index is 2.62. The fraction of sp³-hybridized carbons (Fsp3) is 0.250. The zero-order valence-corrected chi connectivity index (χ0v) is 11.4. The van der Waals surface area contributed by atoms with E-state index >= 15 is 0 Å². The summed E-state index contributed by atoms with van der Waals surface area (Å²) in [5.74, 6) is -3.19. The molecule has 1 rings (SSSR count). The van der Waals surface area contributed by atoms with Crippen molar-refractivity contribution < 1.29 is 29.0 Å². The maximum absolute atomic E-state index is 12.9. The molecular formula is C12H12ClFN2O5. The van der Waals surface area contributed by atoms with E-state index in [4.69, 9.17) is 21.8 Å². The molecule has 0 saturated heterocycles. The van der Waals surface area contributed by atoms with Crippen LogP contribution in [0.4, 0.5) is 14.9 Å². The monoisotopic (exact) mass is 318 g/mol. The van der Waals surface area contributed by atoms with Gasteiger partial charge in [-0.25, -0.2) is 14.0 Å². The van der Waals surface area contributed by atoms with E-state index in [1.807, 2.05) is 0 Å². The third kappa shape index (κ3) is 5.65. The summed E-state index contributed by atoms with van der Waals surface area (Å²) in [5.41, 5.74) is 0.168. The number of hydrogen-bond donors (Lipinski definition) is 4. The molecule has 0 aliphatic rings. The molecule has 0 fully saturated rings. The van der Waals surface area contributed by atoms with Gasteiger partial charge in [0.15, 0.2) is 0 Å². The summed E-state index contributed by atoms with van der Waals surface area (Å²) in [5, 5.41) is 21.5. The highest BCUT2D eigenvalue weighted by molar-refractivity contribution is 6.31. The maximum Gasteiger partial charge on any atom is 0.326 e. The van der Waals surface area contributed by atoms with Gasteiger partial charge in [0.2, 0.25) is 0 Å². The second-order valence-corrected chi connectivity index (χ2v) is 4.46. The molecule has 1 atom stereocenters. The van der Waals surface area contributed by atoms with Gasteiger partial charge >= 0.3 is 18.0 Å². The third-order valence-corrected chi connectivity index (χ3v) is 2.72. The predicted molar refractivity (Wildman–Crippen MR) is 71.9 cm³/mol. The zero-order chi connectivity index (χ0) is 16.0. The number of carboxylic acid groups (broad SMARTS) is 2. The van der Waals surface area contributed by atoms with Gasteiger partial charge < -0.3 is 20.8 Å². The van der Waals surface area contributed by atoms with Crippen LogP contribution in [0.2, 0.25) is 5.02 Å². The van der Waals surface area contributed by atoms with E-state index in [1.165, 1.54) is 6.07 Å².